The summed E-state index contributed by atoms with van der Waals surface area (Å²) in [5.74, 6) is 0.715. The Labute approximate surface area is 162 Å². The van der Waals surface area contributed by atoms with Gasteiger partial charge in [-0.3, -0.25) is 14.9 Å². The lowest BCUT2D eigenvalue weighted by Crippen LogP contribution is -2.44. The van der Waals surface area contributed by atoms with Crippen LogP contribution in [0.15, 0.2) is 53.7 Å². The minimum atomic E-state index is -4.29. The zero-order chi connectivity index (χ0) is 20.0. The van der Waals surface area contributed by atoms with Gasteiger partial charge < -0.3 is 10.6 Å². The molecule has 150 valence electrons. The van der Waals surface area contributed by atoms with Crippen molar-refractivity contribution in [1.29, 1.82) is 0 Å². The van der Waals surface area contributed by atoms with Gasteiger partial charge in [0.1, 0.15) is 0 Å². The van der Waals surface area contributed by atoms with E-state index in [0.717, 1.165) is 42.9 Å². The van der Waals surface area contributed by atoms with E-state index in [4.69, 9.17) is 0 Å². The number of guanidine groups is 1. The number of halogens is 3. The van der Waals surface area contributed by atoms with E-state index in [1.807, 2.05) is 18.2 Å². The van der Waals surface area contributed by atoms with Gasteiger partial charge in [0.25, 0.3) is 0 Å². The van der Waals surface area contributed by atoms with Gasteiger partial charge in [-0.15, -0.1) is 0 Å². The topological polar surface area (TPSA) is 52.6 Å². The van der Waals surface area contributed by atoms with E-state index in [1.54, 1.807) is 25.4 Å². The first-order valence-corrected chi connectivity index (χ1v) is 9.19. The molecule has 0 bridgehead atoms. The van der Waals surface area contributed by atoms with Gasteiger partial charge >= 0.3 is 6.18 Å². The summed E-state index contributed by atoms with van der Waals surface area (Å²) >= 11 is 0. The smallest absolute Gasteiger partial charge is 0.352 e. The first kappa shape index (κ1) is 20.1. The van der Waals surface area contributed by atoms with Crippen LogP contribution < -0.4 is 10.6 Å². The van der Waals surface area contributed by atoms with Crippen LogP contribution in [0.1, 0.15) is 23.2 Å². The second kappa shape index (κ2) is 9.05. The second-order valence-electron chi connectivity index (χ2n) is 6.81. The summed E-state index contributed by atoms with van der Waals surface area (Å²) in [7, 11) is 1.72. The molecule has 28 heavy (non-hydrogen) atoms. The van der Waals surface area contributed by atoms with Crippen LogP contribution in [-0.2, 0) is 19.3 Å². The fraction of sp³-hybridized carbons (Fsp3) is 0.400. The number of pyridine rings is 1. The number of rotatable bonds is 5. The average Bonchev–Trinajstić information content (AvgIpc) is 3.12. The molecule has 1 unspecified atom stereocenters. The Morgan fingerprint density at radius 1 is 1.21 bits per heavy atom. The summed E-state index contributed by atoms with van der Waals surface area (Å²) in [5.41, 5.74) is 1.20. The first-order valence-electron chi connectivity index (χ1n) is 9.19. The van der Waals surface area contributed by atoms with Crippen molar-refractivity contribution in [2.45, 2.75) is 31.7 Å². The zero-order valence-electron chi connectivity index (χ0n) is 15.7. The fourth-order valence-electron chi connectivity index (χ4n) is 3.22. The normalized spacial score (nSPS) is 18.3. The molecular weight excluding hydrogens is 367 g/mol. The molecule has 2 aromatic rings. The van der Waals surface area contributed by atoms with Gasteiger partial charge in [-0.1, -0.05) is 18.2 Å². The molecule has 3 rings (SSSR count). The molecule has 1 saturated heterocycles. The Kier molecular flexibility index (Phi) is 6.51. The van der Waals surface area contributed by atoms with Crippen molar-refractivity contribution >= 4 is 5.96 Å². The zero-order valence-corrected chi connectivity index (χ0v) is 15.7. The Morgan fingerprint density at radius 3 is 2.64 bits per heavy atom. The van der Waals surface area contributed by atoms with E-state index in [0.29, 0.717) is 19.0 Å². The van der Waals surface area contributed by atoms with E-state index in [-0.39, 0.29) is 6.04 Å². The number of aliphatic imine (C=N–C) groups is 1. The Balaban J connectivity index is 1.46. The van der Waals surface area contributed by atoms with Crippen molar-refractivity contribution in [3.05, 3.63) is 65.5 Å². The summed E-state index contributed by atoms with van der Waals surface area (Å²) in [4.78, 5) is 10.8. The van der Waals surface area contributed by atoms with Crippen molar-refractivity contribution < 1.29 is 13.2 Å². The Morgan fingerprint density at radius 2 is 2.00 bits per heavy atom. The predicted molar refractivity (Wildman–Crippen MR) is 103 cm³/mol. The number of hydrogen-bond acceptors (Lipinski definition) is 3. The van der Waals surface area contributed by atoms with Crippen molar-refractivity contribution in [3.8, 4) is 0 Å². The Hall–Kier alpha value is -2.61. The van der Waals surface area contributed by atoms with Crippen LogP contribution in [0.3, 0.4) is 0 Å². The lowest BCUT2D eigenvalue weighted by Gasteiger charge is -2.19. The number of nitrogens with zero attached hydrogens (tertiary/aromatic N) is 3. The van der Waals surface area contributed by atoms with E-state index in [2.05, 4.69) is 25.5 Å². The average molecular weight is 391 g/mol. The van der Waals surface area contributed by atoms with Crippen LogP contribution in [0, 0.1) is 0 Å². The molecule has 1 fully saturated rings. The van der Waals surface area contributed by atoms with Crippen LogP contribution in [0.2, 0.25) is 0 Å². The van der Waals surface area contributed by atoms with Crippen LogP contribution >= 0.6 is 0 Å². The van der Waals surface area contributed by atoms with E-state index < -0.39 is 11.7 Å². The summed E-state index contributed by atoms with van der Waals surface area (Å²) in [6.07, 6.45) is -1.59. The molecule has 1 aromatic carbocycles. The third-order valence-corrected chi connectivity index (χ3v) is 4.69. The molecule has 1 aromatic heterocycles. The van der Waals surface area contributed by atoms with E-state index in [1.165, 1.54) is 0 Å². The first-order chi connectivity index (χ1) is 13.4. The largest absolute Gasteiger partial charge is 0.416 e. The molecule has 2 N–H and O–H groups in total. The van der Waals surface area contributed by atoms with Crippen LogP contribution in [0.5, 0.6) is 0 Å². The van der Waals surface area contributed by atoms with Crippen molar-refractivity contribution in [2.24, 2.45) is 4.99 Å². The highest BCUT2D eigenvalue weighted by atomic mass is 19.4. The maximum absolute atomic E-state index is 12.7. The lowest BCUT2D eigenvalue weighted by atomic mass is 10.1. The highest BCUT2D eigenvalue weighted by Gasteiger charge is 2.30. The highest BCUT2D eigenvalue weighted by molar-refractivity contribution is 5.79. The van der Waals surface area contributed by atoms with Gasteiger partial charge in [-0.05, 0) is 36.2 Å². The van der Waals surface area contributed by atoms with Crippen LogP contribution in [0.25, 0.3) is 0 Å². The summed E-state index contributed by atoms with van der Waals surface area (Å²) < 4.78 is 38.0. The quantitative estimate of drug-likeness (QED) is 0.608. The third kappa shape index (κ3) is 5.69. The van der Waals surface area contributed by atoms with Crippen LogP contribution in [0.4, 0.5) is 13.2 Å². The minimum absolute atomic E-state index is 0.240. The molecule has 5 nitrogen and oxygen atoms in total. The third-order valence-electron chi connectivity index (χ3n) is 4.69. The van der Waals surface area contributed by atoms with Gasteiger partial charge in [-0.2, -0.15) is 13.2 Å². The number of likely N-dealkylation sites (tertiary alicyclic amines) is 1. The van der Waals surface area contributed by atoms with E-state index in [9.17, 15) is 13.2 Å². The molecule has 1 atom stereocenters. The number of nitrogens with one attached hydrogen (secondary N) is 2. The second-order valence-corrected chi connectivity index (χ2v) is 6.81. The van der Waals surface area contributed by atoms with Gasteiger partial charge in [0, 0.05) is 38.9 Å². The molecule has 2 heterocycles. The molecule has 8 heteroatoms. The van der Waals surface area contributed by atoms with Crippen LogP contribution in [-0.4, -0.2) is 42.0 Å². The van der Waals surface area contributed by atoms with Gasteiger partial charge in [0.15, 0.2) is 5.96 Å². The molecule has 0 amide bonds. The molecule has 0 spiro atoms. The molecular formula is C20H24F3N5. The van der Waals surface area contributed by atoms with Gasteiger partial charge in [0.05, 0.1) is 17.8 Å². The molecule has 0 aliphatic carbocycles. The highest BCUT2D eigenvalue weighted by Crippen LogP contribution is 2.29. The fourth-order valence-corrected chi connectivity index (χ4v) is 3.22. The molecule has 0 saturated carbocycles. The molecule has 1 aliphatic heterocycles. The van der Waals surface area contributed by atoms with E-state index >= 15 is 0 Å². The number of hydrogen-bond donors (Lipinski definition) is 2. The lowest BCUT2D eigenvalue weighted by molar-refractivity contribution is -0.137. The number of aromatic nitrogens is 1. The predicted octanol–water partition coefficient (Wildman–Crippen LogP) is 3.04. The summed E-state index contributed by atoms with van der Waals surface area (Å²) in [6, 6.07) is 11.4. The van der Waals surface area contributed by atoms with Crippen molar-refractivity contribution in [3.63, 3.8) is 0 Å². The number of alkyl halides is 3. The van der Waals surface area contributed by atoms with Crippen molar-refractivity contribution in [2.75, 3.05) is 20.1 Å². The SMILES string of the molecule is CN=C(NCc1ccccn1)NC1CCN(Cc2ccc(C(F)(F)F)cc2)C1. The monoisotopic (exact) mass is 391 g/mol. The summed E-state index contributed by atoms with van der Waals surface area (Å²) in [6.45, 7) is 2.92. The van der Waals surface area contributed by atoms with Gasteiger partial charge in [-0.25, -0.2) is 0 Å². The standard InChI is InChI=1S/C20H24F3N5/c1-24-19(26-12-17-4-2-3-10-25-17)27-18-9-11-28(14-18)13-15-5-7-16(8-6-15)20(21,22)23/h2-8,10,18H,9,11-14H2,1H3,(H2,24,26,27). The summed E-state index contributed by atoms with van der Waals surface area (Å²) in [5, 5.41) is 6.65. The maximum atomic E-state index is 12.7. The Bertz CT molecular complexity index is 775. The molecule has 1 aliphatic rings. The van der Waals surface area contributed by atoms with Crippen molar-refractivity contribution in [1.82, 2.24) is 20.5 Å². The number of benzene rings is 1. The molecule has 0 radical (unpaired) electrons. The minimum Gasteiger partial charge on any atom is -0.352 e. The maximum Gasteiger partial charge on any atom is 0.416 e. The van der Waals surface area contributed by atoms with Gasteiger partial charge in [0.2, 0.25) is 0 Å².